The molecule has 0 unspecified atom stereocenters. The Hall–Kier alpha value is -3.01. The van der Waals surface area contributed by atoms with Crippen LogP contribution >= 0.6 is 35.4 Å². The van der Waals surface area contributed by atoms with Crippen LogP contribution < -0.4 is 15.5 Å². The van der Waals surface area contributed by atoms with Gasteiger partial charge in [0.05, 0.1) is 16.9 Å². The van der Waals surface area contributed by atoms with Crippen LogP contribution in [-0.4, -0.2) is 24.1 Å². The van der Waals surface area contributed by atoms with E-state index in [0.29, 0.717) is 32.8 Å². The van der Waals surface area contributed by atoms with E-state index in [1.807, 2.05) is 4.90 Å². The Balaban J connectivity index is 1.42. The van der Waals surface area contributed by atoms with Gasteiger partial charge in [-0.05, 0) is 79.7 Å². The number of thiocarbonyl (C=S) groups is 1. The third kappa shape index (κ3) is 6.60. The number of carbonyl (C=O) groups excluding carboxylic acids is 1. The zero-order valence-electron chi connectivity index (χ0n) is 18.7. The SMILES string of the molecule is O=C(/C=C/c1ccc(-c2cc(Cl)cc(Cl)c2)o1)NC(=S)Nc1cc(C(F)(F)F)ccc1N1CCCC1. The lowest BCUT2D eigenvalue weighted by atomic mass is 10.1. The molecule has 1 fully saturated rings. The summed E-state index contributed by atoms with van der Waals surface area (Å²) in [7, 11) is 0. The highest BCUT2D eigenvalue weighted by molar-refractivity contribution is 7.80. The van der Waals surface area contributed by atoms with E-state index in [-0.39, 0.29) is 10.8 Å². The van der Waals surface area contributed by atoms with Crippen LogP contribution in [0.1, 0.15) is 24.2 Å². The predicted octanol–water partition coefficient (Wildman–Crippen LogP) is 7.40. The molecule has 2 N–H and O–H groups in total. The van der Waals surface area contributed by atoms with Crippen molar-refractivity contribution in [2.45, 2.75) is 19.0 Å². The number of carbonyl (C=O) groups is 1. The molecule has 0 aliphatic carbocycles. The van der Waals surface area contributed by atoms with Gasteiger partial charge in [-0.2, -0.15) is 13.2 Å². The summed E-state index contributed by atoms with van der Waals surface area (Å²) in [5, 5.41) is 5.98. The van der Waals surface area contributed by atoms with Crippen molar-refractivity contribution in [3.63, 3.8) is 0 Å². The van der Waals surface area contributed by atoms with Gasteiger partial charge in [0.1, 0.15) is 11.5 Å². The molecule has 1 aliphatic rings. The zero-order chi connectivity index (χ0) is 25.9. The Morgan fingerprint density at radius 3 is 2.39 bits per heavy atom. The number of anilines is 2. The van der Waals surface area contributed by atoms with Crippen LogP contribution in [0.4, 0.5) is 24.5 Å². The summed E-state index contributed by atoms with van der Waals surface area (Å²) in [5.74, 6) is 0.325. The van der Waals surface area contributed by atoms with Gasteiger partial charge in [-0.25, -0.2) is 0 Å². The Bertz CT molecular complexity index is 1300. The van der Waals surface area contributed by atoms with Crippen LogP contribution in [0.5, 0.6) is 0 Å². The number of hydrogen-bond donors (Lipinski definition) is 2. The van der Waals surface area contributed by atoms with E-state index >= 15 is 0 Å². The van der Waals surface area contributed by atoms with Gasteiger partial charge in [-0.1, -0.05) is 23.2 Å². The van der Waals surface area contributed by atoms with Crippen molar-refractivity contribution in [2.24, 2.45) is 0 Å². The number of hydrogen-bond acceptors (Lipinski definition) is 4. The summed E-state index contributed by atoms with van der Waals surface area (Å²) in [4.78, 5) is 14.3. The van der Waals surface area contributed by atoms with Crippen molar-refractivity contribution in [1.29, 1.82) is 0 Å². The van der Waals surface area contributed by atoms with Crippen LogP contribution in [0.15, 0.2) is 59.0 Å². The molecule has 188 valence electrons. The highest BCUT2D eigenvalue weighted by atomic mass is 35.5. The first-order chi connectivity index (χ1) is 17.1. The monoisotopic (exact) mass is 553 g/mol. The molecule has 4 rings (SSSR count). The van der Waals surface area contributed by atoms with E-state index in [4.69, 9.17) is 39.8 Å². The van der Waals surface area contributed by atoms with Crippen molar-refractivity contribution in [1.82, 2.24) is 5.32 Å². The molecule has 2 aromatic carbocycles. The van der Waals surface area contributed by atoms with Crippen LogP contribution in [0.3, 0.4) is 0 Å². The summed E-state index contributed by atoms with van der Waals surface area (Å²) >= 11 is 17.2. The minimum atomic E-state index is -4.51. The average Bonchev–Trinajstić information content (AvgIpc) is 3.49. The van der Waals surface area contributed by atoms with Crippen molar-refractivity contribution < 1.29 is 22.4 Å². The largest absolute Gasteiger partial charge is 0.457 e. The molecule has 2 heterocycles. The lowest BCUT2D eigenvalue weighted by molar-refractivity contribution is -0.137. The minimum absolute atomic E-state index is 0.127. The first kappa shape index (κ1) is 26.1. The second kappa shape index (κ2) is 10.9. The number of benzene rings is 2. The molecule has 0 atom stereocenters. The van der Waals surface area contributed by atoms with Gasteiger partial charge in [0.2, 0.25) is 5.91 Å². The Morgan fingerprint density at radius 2 is 1.72 bits per heavy atom. The minimum Gasteiger partial charge on any atom is -0.457 e. The highest BCUT2D eigenvalue weighted by Gasteiger charge is 2.32. The molecule has 1 aromatic heterocycles. The van der Waals surface area contributed by atoms with Crippen LogP contribution in [0.2, 0.25) is 10.0 Å². The van der Waals surface area contributed by atoms with Gasteiger partial charge in [-0.3, -0.25) is 10.1 Å². The Kier molecular flexibility index (Phi) is 7.92. The first-order valence-electron chi connectivity index (χ1n) is 10.9. The highest BCUT2D eigenvalue weighted by Crippen LogP contribution is 2.36. The van der Waals surface area contributed by atoms with Crippen molar-refractivity contribution >= 4 is 63.9 Å². The fourth-order valence-corrected chi connectivity index (χ4v) is 4.54. The van der Waals surface area contributed by atoms with Gasteiger partial charge in [0, 0.05) is 34.8 Å². The quantitative estimate of drug-likeness (QED) is 0.254. The third-order valence-electron chi connectivity index (χ3n) is 5.43. The topological polar surface area (TPSA) is 57.5 Å². The summed E-state index contributed by atoms with van der Waals surface area (Å²) in [6.07, 6.45) is 0.0328. The number of nitrogens with one attached hydrogen (secondary N) is 2. The second-order valence-corrected chi connectivity index (χ2v) is 9.34. The number of nitrogens with zero attached hydrogens (tertiary/aromatic N) is 1. The third-order valence-corrected chi connectivity index (χ3v) is 6.07. The average molecular weight is 554 g/mol. The Morgan fingerprint density at radius 1 is 1.03 bits per heavy atom. The number of alkyl halides is 3. The van der Waals surface area contributed by atoms with E-state index in [1.54, 1.807) is 30.3 Å². The van der Waals surface area contributed by atoms with Gasteiger partial charge < -0.3 is 14.6 Å². The lowest BCUT2D eigenvalue weighted by Gasteiger charge is -2.23. The lowest BCUT2D eigenvalue weighted by Crippen LogP contribution is -2.33. The molecule has 5 nitrogen and oxygen atoms in total. The van der Waals surface area contributed by atoms with Crippen molar-refractivity contribution in [2.75, 3.05) is 23.3 Å². The first-order valence-corrected chi connectivity index (χ1v) is 12.1. The van der Waals surface area contributed by atoms with Crippen LogP contribution in [0.25, 0.3) is 17.4 Å². The van der Waals surface area contributed by atoms with E-state index in [1.165, 1.54) is 18.2 Å². The van der Waals surface area contributed by atoms with Gasteiger partial charge in [0.25, 0.3) is 0 Å². The zero-order valence-corrected chi connectivity index (χ0v) is 21.0. The normalized spacial score (nSPS) is 13.9. The maximum atomic E-state index is 13.3. The molecular weight excluding hydrogens is 534 g/mol. The smallest absolute Gasteiger partial charge is 0.416 e. The predicted molar refractivity (Wildman–Crippen MR) is 140 cm³/mol. The number of furan rings is 1. The molecule has 0 bridgehead atoms. The molecule has 0 spiro atoms. The van der Waals surface area contributed by atoms with E-state index in [9.17, 15) is 18.0 Å². The molecule has 0 saturated carbocycles. The molecule has 1 saturated heterocycles. The van der Waals surface area contributed by atoms with Gasteiger partial charge in [-0.15, -0.1) is 0 Å². The molecular formula is C25H20Cl2F3N3O2S. The molecule has 1 aliphatic heterocycles. The maximum absolute atomic E-state index is 13.3. The number of rotatable bonds is 5. The maximum Gasteiger partial charge on any atom is 0.416 e. The van der Waals surface area contributed by atoms with E-state index < -0.39 is 17.6 Å². The van der Waals surface area contributed by atoms with Crippen LogP contribution in [0, 0.1) is 0 Å². The van der Waals surface area contributed by atoms with Crippen molar-refractivity contribution in [3.8, 4) is 11.3 Å². The number of halogens is 5. The summed E-state index contributed by atoms with van der Waals surface area (Å²) in [6.45, 7) is 1.46. The fraction of sp³-hybridized carbons (Fsp3) is 0.200. The van der Waals surface area contributed by atoms with E-state index in [0.717, 1.165) is 38.1 Å². The fourth-order valence-electron chi connectivity index (χ4n) is 3.80. The second-order valence-electron chi connectivity index (χ2n) is 8.06. The molecule has 11 heteroatoms. The van der Waals surface area contributed by atoms with Gasteiger partial charge in [0.15, 0.2) is 5.11 Å². The molecule has 1 amide bonds. The molecule has 0 radical (unpaired) electrons. The summed E-state index contributed by atoms with van der Waals surface area (Å²) in [6, 6.07) is 11.8. The molecule has 36 heavy (non-hydrogen) atoms. The van der Waals surface area contributed by atoms with Gasteiger partial charge >= 0.3 is 6.18 Å². The number of amides is 1. The summed E-state index contributed by atoms with van der Waals surface area (Å²) in [5.41, 5.74) is 0.641. The Labute approximate surface area is 220 Å². The van der Waals surface area contributed by atoms with Crippen LogP contribution in [-0.2, 0) is 11.0 Å². The standard InChI is InChI=1S/C25H20Cl2F3N3O2S/c26-17-11-15(12-18(27)14-17)22-7-4-19(35-22)5-8-23(34)32-24(36)31-20-13-16(25(28,29)30)3-6-21(20)33-9-1-2-10-33/h3-8,11-14H,1-2,9-10H2,(H2,31,32,34,36)/b8-5+. The molecule has 3 aromatic rings. The van der Waals surface area contributed by atoms with Crippen molar-refractivity contribution in [3.05, 3.63) is 76.0 Å². The summed E-state index contributed by atoms with van der Waals surface area (Å²) < 4.78 is 45.5. The van der Waals surface area contributed by atoms with E-state index in [2.05, 4.69) is 10.6 Å².